The van der Waals surface area contributed by atoms with Gasteiger partial charge in [0.25, 0.3) is 5.91 Å². The highest BCUT2D eigenvalue weighted by Crippen LogP contribution is 2.27. The summed E-state index contributed by atoms with van der Waals surface area (Å²) in [7, 11) is 0. The summed E-state index contributed by atoms with van der Waals surface area (Å²) in [6.07, 6.45) is 4.06. The van der Waals surface area contributed by atoms with Gasteiger partial charge < -0.3 is 14.6 Å². The zero-order valence-electron chi connectivity index (χ0n) is 12.8. The van der Waals surface area contributed by atoms with Gasteiger partial charge in [0.2, 0.25) is 0 Å². The first-order valence-corrected chi connectivity index (χ1v) is 7.69. The Labute approximate surface area is 138 Å². The van der Waals surface area contributed by atoms with Crippen molar-refractivity contribution in [2.45, 2.75) is 12.5 Å². The molecule has 3 aromatic rings. The number of ether oxygens (including phenoxy) is 1. The van der Waals surface area contributed by atoms with Gasteiger partial charge in [-0.3, -0.25) is 9.78 Å². The van der Waals surface area contributed by atoms with Crippen molar-refractivity contribution in [2.24, 2.45) is 0 Å². The van der Waals surface area contributed by atoms with Gasteiger partial charge >= 0.3 is 0 Å². The van der Waals surface area contributed by atoms with Crippen molar-refractivity contribution in [2.75, 3.05) is 6.54 Å². The van der Waals surface area contributed by atoms with Crippen molar-refractivity contribution in [3.63, 3.8) is 0 Å². The SMILES string of the molecule is O=C(NC[C@H]1Cc2ccccc2O1)c1cc(-c2cccnc2)on1. The Balaban J connectivity index is 1.37. The van der Waals surface area contributed by atoms with E-state index in [2.05, 4.69) is 15.5 Å². The predicted octanol–water partition coefficient (Wildman–Crippen LogP) is 2.47. The van der Waals surface area contributed by atoms with Crippen molar-refractivity contribution in [1.82, 2.24) is 15.5 Å². The zero-order chi connectivity index (χ0) is 16.4. The number of carbonyl (C=O) groups excluding carboxylic acids is 1. The summed E-state index contributed by atoms with van der Waals surface area (Å²) in [6.45, 7) is 0.419. The average Bonchev–Trinajstić information content (AvgIpc) is 3.27. The van der Waals surface area contributed by atoms with Crippen LogP contribution in [0.1, 0.15) is 16.1 Å². The normalized spacial score (nSPS) is 15.6. The van der Waals surface area contributed by atoms with Gasteiger partial charge in [0.05, 0.1) is 6.54 Å². The largest absolute Gasteiger partial charge is 0.488 e. The van der Waals surface area contributed by atoms with E-state index in [-0.39, 0.29) is 17.7 Å². The molecular weight excluding hydrogens is 306 g/mol. The third-order valence-electron chi connectivity index (χ3n) is 3.89. The topological polar surface area (TPSA) is 77.2 Å². The van der Waals surface area contributed by atoms with Gasteiger partial charge in [0.1, 0.15) is 11.9 Å². The summed E-state index contributed by atoms with van der Waals surface area (Å²) >= 11 is 0. The van der Waals surface area contributed by atoms with Crippen molar-refractivity contribution in [3.8, 4) is 17.1 Å². The van der Waals surface area contributed by atoms with Crippen LogP contribution in [0.2, 0.25) is 0 Å². The molecule has 1 aromatic carbocycles. The van der Waals surface area contributed by atoms with E-state index in [4.69, 9.17) is 9.26 Å². The minimum absolute atomic E-state index is 0.0592. The molecule has 1 aliphatic heterocycles. The number of amides is 1. The first-order valence-electron chi connectivity index (χ1n) is 7.69. The Hall–Kier alpha value is -3.15. The fraction of sp³-hybridized carbons (Fsp3) is 0.167. The molecule has 3 heterocycles. The van der Waals surface area contributed by atoms with E-state index in [0.717, 1.165) is 23.3 Å². The van der Waals surface area contributed by atoms with E-state index in [1.54, 1.807) is 24.5 Å². The number of pyridine rings is 1. The number of benzene rings is 1. The lowest BCUT2D eigenvalue weighted by molar-refractivity contribution is 0.0924. The zero-order valence-corrected chi connectivity index (χ0v) is 12.8. The van der Waals surface area contributed by atoms with Crippen LogP contribution in [0.15, 0.2) is 59.4 Å². The van der Waals surface area contributed by atoms with Crippen LogP contribution in [0, 0.1) is 0 Å². The van der Waals surface area contributed by atoms with E-state index in [1.165, 1.54) is 0 Å². The van der Waals surface area contributed by atoms with Gasteiger partial charge in [-0.15, -0.1) is 0 Å². The van der Waals surface area contributed by atoms with E-state index in [9.17, 15) is 4.79 Å². The molecule has 0 saturated heterocycles. The molecule has 0 bridgehead atoms. The molecule has 1 atom stereocenters. The summed E-state index contributed by atoms with van der Waals surface area (Å²) in [4.78, 5) is 16.2. The molecule has 0 saturated carbocycles. The average molecular weight is 321 g/mol. The predicted molar refractivity (Wildman–Crippen MR) is 86.6 cm³/mol. The lowest BCUT2D eigenvalue weighted by atomic mass is 10.1. The molecule has 0 spiro atoms. The molecule has 6 nitrogen and oxygen atoms in total. The second kappa shape index (κ2) is 6.16. The molecule has 0 unspecified atom stereocenters. The molecular formula is C18H15N3O3. The Morgan fingerprint density at radius 1 is 1.25 bits per heavy atom. The standard InChI is InChI=1S/C18H15N3O3/c22-18(15-9-17(24-21-15)13-5-3-7-19-10-13)20-11-14-8-12-4-1-2-6-16(12)23-14/h1-7,9-10,14H,8,11H2,(H,20,22)/t14-/m1/s1. The summed E-state index contributed by atoms with van der Waals surface area (Å²) in [6, 6.07) is 13.2. The molecule has 1 aliphatic rings. The van der Waals surface area contributed by atoms with E-state index in [0.29, 0.717) is 12.3 Å². The van der Waals surface area contributed by atoms with E-state index in [1.807, 2.05) is 30.3 Å². The van der Waals surface area contributed by atoms with Crippen molar-refractivity contribution in [3.05, 3.63) is 66.1 Å². The number of fused-ring (bicyclic) bond motifs is 1. The van der Waals surface area contributed by atoms with Gasteiger partial charge in [-0.25, -0.2) is 0 Å². The quantitative estimate of drug-likeness (QED) is 0.799. The molecule has 0 aliphatic carbocycles. The number of hydrogen-bond donors (Lipinski definition) is 1. The second-order valence-corrected chi connectivity index (χ2v) is 5.58. The van der Waals surface area contributed by atoms with Crippen LogP contribution in [0.25, 0.3) is 11.3 Å². The van der Waals surface area contributed by atoms with Crippen LogP contribution in [-0.2, 0) is 6.42 Å². The first kappa shape index (κ1) is 14.4. The summed E-state index contributed by atoms with van der Waals surface area (Å²) < 4.78 is 11.0. The van der Waals surface area contributed by atoms with Gasteiger partial charge in [0.15, 0.2) is 11.5 Å². The molecule has 0 radical (unpaired) electrons. The van der Waals surface area contributed by atoms with Gasteiger partial charge in [-0.2, -0.15) is 0 Å². The van der Waals surface area contributed by atoms with Crippen LogP contribution in [-0.4, -0.2) is 28.7 Å². The number of rotatable bonds is 4. The maximum atomic E-state index is 12.2. The smallest absolute Gasteiger partial charge is 0.273 e. The highest BCUT2D eigenvalue weighted by molar-refractivity contribution is 5.93. The summed E-state index contributed by atoms with van der Waals surface area (Å²) in [5.41, 5.74) is 2.18. The molecule has 120 valence electrons. The fourth-order valence-corrected chi connectivity index (χ4v) is 2.69. The maximum absolute atomic E-state index is 12.2. The number of para-hydroxylation sites is 1. The van der Waals surface area contributed by atoms with E-state index >= 15 is 0 Å². The van der Waals surface area contributed by atoms with E-state index < -0.39 is 0 Å². The van der Waals surface area contributed by atoms with Gasteiger partial charge in [-0.05, 0) is 23.8 Å². The Morgan fingerprint density at radius 3 is 3.00 bits per heavy atom. The Morgan fingerprint density at radius 2 is 2.17 bits per heavy atom. The molecule has 2 aromatic heterocycles. The number of hydrogen-bond acceptors (Lipinski definition) is 5. The van der Waals surface area contributed by atoms with Gasteiger partial charge in [0, 0.05) is 30.4 Å². The van der Waals surface area contributed by atoms with Gasteiger partial charge in [-0.1, -0.05) is 23.4 Å². The van der Waals surface area contributed by atoms with Crippen molar-refractivity contribution >= 4 is 5.91 Å². The van der Waals surface area contributed by atoms with Crippen LogP contribution in [0.5, 0.6) is 5.75 Å². The van der Waals surface area contributed by atoms with Crippen LogP contribution in [0.4, 0.5) is 0 Å². The molecule has 1 amide bonds. The maximum Gasteiger partial charge on any atom is 0.273 e. The number of aromatic nitrogens is 2. The summed E-state index contributed by atoms with van der Waals surface area (Å²) in [5.74, 6) is 1.11. The van der Waals surface area contributed by atoms with Crippen LogP contribution < -0.4 is 10.1 Å². The Bertz CT molecular complexity index is 836. The number of nitrogens with one attached hydrogen (secondary N) is 1. The third kappa shape index (κ3) is 2.86. The summed E-state index contributed by atoms with van der Waals surface area (Å²) in [5, 5.41) is 6.66. The number of carbonyl (C=O) groups is 1. The Kier molecular flexibility index (Phi) is 3.70. The third-order valence-corrected chi connectivity index (χ3v) is 3.89. The molecule has 6 heteroatoms. The lowest BCUT2D eigenvalue weighted by Gasteiger charge is -2.10. The second-order valence-electron chi connectivity index (χ2n) is 5.58. The number of nitrogens with zero attached hydrogens (tertiary/aromatic N) is 2. The lowest BCUT2D eigenvalue weighted by Crippen LogP contribution is -2.34. The molecule has 0 fully saturated rings. The highest BCUT2D eigenvalue weighted by atomic mass is 16.5. The molecule has 1 N–H and O–H groups in total. The van der Waals surface area contributed by atoms with Crippen LogP contribution >= 0.6 is 0 Å². The molecule has 4 rings (SSSR count). The molecule has 24 heavy (non-hydrogen) atoms. The van der Waals surface area contributed by atoms with Crippen LogP contribution in [0.3, 0.4) is 0 Å². The monoisotopic (exact) mass is 321 g/mol. The highest BCUT2D eigenvalue weighted by Gasteiger charge is 2.23. The first-order chi connectivity index (χ1) is 11.8. The fourth-order valence-electron chi connectivity index (χ4n) is 2.69. The van der Waals surface area contributed by atoms with Crippen molar-refractivity contribution < 1.29 is 14.1 Å². The minimum Gasteiger partial charge on any atom is -0.488 e. The minimum atomic E-state index is -0.284. The van der Waals surface area contributed by atoms with Crippen molar-refractivity contribution in [1.29, 1.82) is 0 Å².